The number of amides is 1. The number of alkyl carbamates (subject to hydrolysis) is 1. The van der Waals surface area contributed by atoms with Gasteiger partial charge in [-0.1, -0.05) is 18.2 Å². The number of nitrogens with zero attached hydrogens (tertiary/aromatic N) is 3. The van der Waals surface area contributed by atoms with E-state index in [1.165, 1.54) is 24.8 Å². The number of halogens is 3. The van der Waals surface area contributed by atoms with E-state index in [1.54, 1.807) is 31.5 Å². The first kappa shape index (κ1) is 27.3. The normalized spacial score (nSPS) is 14.8. The van der Waals surface area contributed by atoms with Gasteiger partial charge in [-0.15, -0.1) is 5.10 Å². The summed E-state index contributed by atoms with van der Waals surface area (Å²) in [5.74, 6) is 0.378. The van der Waals surface area contributed by atoms with Gasteiger partial charge in [0.1, 0.15) is 28.8 Å². The second kappa shape index (κ2) is 10.3. The fourth-order valence-electron chi connectivity index (χ4n) is 4.19. The molecule has 2 aromatic carbocycles. The van der Waals surface area contributed by atoms with Crippen LogP contribution in [-0.2, 0) is 27.7 Å². The van der Waals surface area contributed by atoms with Gasteiger partial charge in [-0.3, -0.25) is 4.68 Å². The molecule has 2 aromatic heterocycles. The minimum atomic E-state index is -4.45. The molecule has 0 unspecified atom stereocenters. The van der Waals surface area contributed by atoms with Crippen LogP contribution in [0.15, 0.2) is 71.7 Å². The molecule has 5 rings (SSSR count). The maximum Gasteiger partial charge on any atom is 0.416 e. The van der Waals surface area contributed by atoms with Crippen molar-refractivity contribution >= 4 is 6.09 Å². The van der Waals surface area contributed by atoms with Crippen molar-refractivity contribution in [2.75, 3.05) is 13.2 Å². The number of ether oxygens (including phenoxy) is 3. The molecule has 1 aliphatic heterocycles. The third-order valence-electron chi connectivity index (χ3n) is 6.10. The Kier molecular flexibility index (Phi) is 7.05. The average Bonchev–Trinajstić information content (AvgIpc) is 3.50. The summed E-state index contributed by atoms with van der Waals surface area (Å²) < 4.78 is 62.3. The zero-order chi connectivity index (χ0) is 28.5. The van der Waals surface area contributed by atoms with Crippen molar-refractivity contribution in [1.29, 1.82) is 0 Å². The summed E-state index contributed by atoms with van der Waals surface area (Å²) in [5, 5.41) is 7.47. The molecule has 40 heavy (non-hydrogen) atoms. The number of hydrogen-bond donors (Lipinski definition) is 1. The monoisotopic (exact) mass is 556 g/mol. The van der Waals surface area contributed by atoms with E-state index in [0.717, 1.165) is 23.3 Å². The van der Waals surface area contributed by atoms with Crippen LogP contribution in [0.1, 0.15) is 37.6 Å². The summed E-state index contributed by atoms with van der Waals surface area (Å²) in [6, 6.07) is 13.6. The summed E-state index contributed by atoms with van der Waals surface area (Å²) in [6.45, 7) is 6.16. The van der Waals surface area contributed by atoms with Gasteiger partial charge in [0.25, 0.3) is 0 Å². The van der Waals surface area contributed by atoms with Gasteiger partial charge in [0, 0.05) is 11.6 Å². The number of nitrogens with one attached hydrogen (secondary N) is 1. The number of oxazole rings is 1. The highest BCUT2D eigenvalue weighted by molar-refractivity contribution is 5.70. The van der Waals surface area contributed by atoms with Crippen LogP contribution in [0.4, 0.5) is 18.0 Å². The van der Waals surface area contributed by atoms with Crippen LogP contribution in [-0.4, -0.2) is 39.7 Å². The summed E-state index contributed by atoms with van der Waals surface area (Å²) in [6.07, 6.45) is -2.20. The minimum absolute atomic E-state index is 0.178. The molecule has 1 N–H and O–H groups in total. The highest BCUT2D eigenvalue weighted by atomic mass is 19.4. The van der Waals surface area contributed by atoms with E-state index in [4.69, 9.17) is 18.6 Å². The Hall–Kier alpha value is -4.32. The van der Waals surface area contributed by atoms with Crippen molar-refractivity contribution in [2.45, 2.75) is 44.6 Å². The Morgan fingerprint density at radius 2 is 1.85 bits per heavy atom. The summed E-state index contributed by atoms with van der Waals surface area (Å²) in [7, 11) is 0. The molecule has 0 atom stereocenters. The molecule has 0 spiro atoms. The first-order valence-corrected chi connectivity index (χ1v) is 12.4. The van der Waals surface area contributed by atoms with Crippen molar-refractivity contribution in [3.05, 3.63) is 84.1 Å². The van der Waals surface area contributed by atoms with Gasteiger partial charge in [-0.25, -0.2) is 9.78 Å². The maximum absolute atomic E-state index is 13.0. The molecule has 0 bridgehead atoms. The average molecular weight is 557 g/mol. The fourth-order valence-corrected chi connectivity index (χ4v) is 4.19. The summed E-state index contributed by atoms with van der Waals surface area (Å²) >= 11 is 0. The van der Waals surface area contributed by atoms with E-state index >= 15 is 0 Å². The number of benzene rings is 2. The van der Waals surface area contributed by atoms with Crippen molar-refractivity contribution in [1.82, 2.24) is 20.1 Å². The van der Waals surface area contributed by atoms with Crippen LogP contribution in [0.25, 0.3) is 11.3 Å². The Labute approximate surface area is 227 Å². The Balaban J connectivity index is 1.45. The number of alkyl halides is 3. The highest BCUT2D eigenvalue weighted by Crippen LogP contribution is 2.35. The zero-order valence-corrected chi connectivity index (χ0v) is 22.0. The SMILES string of the molecule is CC(C)(C)OC(=O)NC1(c2cccc(-c3cc(Oc4ccc(C(F)(F)F)cc4)nn3Cc3cocn3)c2)COC1. The van der Waals surface area contributed by atoms with E-state index in [0.29, 0.717) is 11.4 Å². The molecule has 1 fully saturated rings. The van der Waals surface area contributed by atoms with Crippen LogP contribution in [0.5, 0.6) is 11.6 Å². The van der Waals surface area contributed by atoms with Crippen molar-refractivity contribution in [3.63, 3.8) is 0 Å². The second-order valence-corrected chi connectivity index (χ2v) is 10.4. The number of aromatic nitrogens is 3. The molecule has 4 aromatic rings. The molecule has 0 radical (unpaired) electrons. The van der Waals surface area contributed by atoms with Gasteiger partial charge < -0.3 is 23.9 Å². The summed E-state index contributed by atoms with van der Waals surface area (Å²) in [5.41, 5.74) is 0.623. The van der Waals surface area contributed by atoms with Gasteiger partial charge in [-0.05, 0) is 56.7 Å². The lowest BCUT2D eigenvalue weighted by Crippen LogP contribution is -2.60. The fraction of sp³-hybridized carbons (Fsp3) is 0.321. The van der Waals surface area contributed by atoms with Gasteiger partial charge in [0.15, 0.2) is 6.39 Å². The van der Waals surface area contributed by atoms with Crippen LogP contribution in [0, 0.1) is 0 Å². The van der Waals surface area contributed by atoms with Crippen LogP contribution in [0.2, 0.25) is 0 Å². The van der Waals surface area contributed by atoms with Gasteiger partial charge in [0.05, 0.1) is 31.0 Å². The maximum atomic E-state index is 13.0. The molecule has 1 aliphatic rings. The largest absolute Gasteiger partial charge is 0.451 e. The number of rotatable bonds is 7. The second-order valence-electron chi connectivity index (χ2n) is 10.4. The first-order valence-electron chi connectivity index (χ1n) is 12.4. The Morgan fingerprint density at radius 3 is 2.45 bits per heavy atom. The molecule has 1 amide bonds. The highest BCUT2D eigenvalue weighted by Gasteiger charge is 2.43. The van der Waals surface area contributed by atoms with Crippen LogP contribution in [0.3, 0.4) is 0 Å². The van der Waals surface area contributed by atoms with E-state index in [1.807, 2.05) is 24.3 Å². The van der Waals surface area contributed by atoms with Crippen molar-refractivity contribution in [2.24, 2.45) is 0 Å². The summed E-state index contributed by atoms with van der Waals surface area (Å²) in [4.78, 5) is 16.7. The van der Waals surface area contributed by atoms with Gasteiger partial charge in [-0.2, -0.15) is 13.2 Å². The molecule has 210 valence electrons. The molecule has 0 saturated carbocycles. The lowest BCUT2D eigenvalue weighted by molar-refractivity contribution is -0.137. The third-order valence-corrected chi connectivity index (χ3v) is 6.10. The zero-order valence-electron chi connectivity index (χ0n) is 22.0. The van der Waals surface area contributed by atoms with E-state index in [-0.39, 0.29) is 31.4 Å². The Morgan fingerprint density at radius 1 is 1.10 bits per heavy atom. The predicted octanol–water partition coefficient (Wildman–Crippen LogP) is 6.15. The lowest BCUT2D eigenvalue weighted by atomic mass is 9.87. The molecule has 0 aliphatic carbocycles. The molecular weight excluding hydrogens is 529 g/mol. The lowest BCUT2D eigenvalue weighted by Gasteiger charge is -2.42. The molecule has 9 nitrogen and oxygen atoms in total. The third kappa shape index (κ3) is 6.12. The van der Waals surface area contributed by atoms with E-state index in [9.17, 15) is 18.0 Å². The Bertz CT molecular complexity index is 1470. The number of hydrogen-bond acceptors (Lipinski definition) is 7. The van der Waals surface area contributed by atoms with Crippen LogP contribution < -0.4 is 10.1 Å². The predicted molar refractivity (Wildman–Crippen MR) is 137 cm³/mol. The first-order chi connectivity index (χ1) is 18.9. The van der Waals surface area contributed by atoms with E-state index in [2.05, 4.69) is 15.4 Å². The topological polar surface area (TPSA) is 101 Å². The van der Waals surface area contributed by atoms with Crippen molar-refractivity contribution < 1.29 is 36.6 Å². The molecule has 3 heterocycles. The molecule has 1 saturated heterocycles. The quantitative estimate of drug-likeness (QED) is 0.292. The molecule has 12 heteroatoms. The van der Waals surface area contributed by atoms with Gasteiger partial charge in [0.2, 0.25) is 5.88 Å². The molecular formula is C28H27F3N4O5. The van der Waals surface area contributed by atoms with Gasteiger partial charge >= 0.3 is 12.3 Å². The number of carbonyl (C=O) groups excluding carboxylic acids is 1. The van der Waals surface area contributed by atoms with E-state index < -0.39 is 29.0 Å². The van der Waals surface area contributed by atoms with Crippen molar-refractivity contribution in [3.8, 4) is 22.9 Å². The number of carbonyl (C=O) groups is 1. The van der Waals surface area contributed by atoms with Crippen LogP contribution >= 0.6 is 0 Å². The minimum Gasteiger partial charge on any atom is -0.451 e. The standard InChI is InChI=1S/C28H27F3N4O5/c1-26(2,3)40-25(36)33-27(15-38-16-27)20-6-4-5-18(11-20)23-12-24(34-35(23)13-21-14-37-17-32-21)39-22-9-7-19(8-10-22)28(29,30)31/h4-12,14,17H,13,15-16H2,1-3H3,(H,33,36). The smallest absolute Gasteiger partial charge is 0.416 e.